The van der Waals surface area contributed by atoms with Crippen LogP contribution in [0.4, 0.5) is 0 Å². The third-order valence-corrected chi connectivity index (χ3v) is 5.16. The zero-order valence-electron chi connectivity index (χ0n) is 14.0. The number of aryl methyl sites for hydroxylation is 1. The van der Waals surface area contributed by atoms with Gasteiger partial charge in [0.05, 0.1) is 6.04 Å². The monoisotopic (exact) mass is 386 g/mol. The third-order valence-electron chi connectivity index (χ3n) is 4.67. The van der Waals surface area contributed by atoms with Crippen molar-refractivity contribution >= 4 is 21.8 Å². The fourth-order valence-corrected chi connectivity index (χ4v) is 3.77. The summed E-state index contributed by atoms with van der Waals surface area (Å²) in [6.07, 6.45) is 2.48. The number of hydrogen-bond acceptors (Lipinski definition) is 2. The number of carbonyl (C=O) groups excluding carboxylic acids is 1. The molecular weight excluding hydrogens is 364 g/mol. The summed E-state index contributed by atoms with van der Waals surface area (Å²) in [5.74, 6) is -0.0194. The molecule has 0 aliphatic carbocycles. The van der Waals surface area contributed by atoms with Crippen molar-refractivity contribution < 1.29 is 4.79 Å². The van der Waals surface area contributed by atoms with Crippen LogP contribution in [-0.2, 0) is 0 Å². The number of rotatable bonds is 5. The second-order valence-electron chi connectivity index (χ2n) is 6.34. The van der Waals surface area contributed by atoms with E-state index in [2.05, 4.69) is 57.3 Å². The minimum atomic E-state index is -0.0194. The molecule has 1 fully saturated rings. The van der Waals surface area contributed by atoms with Gasteiger partial charge >= 0.3 is 0 Å². The molecule has 1 atom stereocenters. The Morgan fingerprint density at radius 2 is 1.92 bits per heavy atom. The Bertz CT molecular complexity index is 710. The summed E-state index contributed by atoms with van der Waals surface area (Å²) in [4.78, 5) is 15.0. The first-order chi connectivity index (χ1) is 11.6. The van der Waals surface area contributed by atoms with Crippen molar-refractivity contribution in [3.63, 3.8) is 0 Å². The van der Waals surface area contributed by atoms with Gasteiger partial charge < -0.3 is 5.32 Å². The zero-order chi connectivity index (χ0) is 16.9. The summed E-state index contributed by atoms with van der Waals surface area (Å²) in [5, 5.41) is 3.13. The topological polar surface area (TPSA) is 32.3 Å². The largest absolute Gasteiger partial charge is 0.350 e. The number of likely N-dealkylation sites (tertiary alicyclic amines) is 1. The standard InChI is InChI=1S/C20H23BrN2O/c1-15-7-2-3-10-18(15)19(23-11-4-5-12-23)14-22-20(24)16-8-6-9-17(21)13-16/h2-3,6-10,13,19H,4-5,11-12,14H2,1H3,(H,22,24). The fourth-order valence-electron chi connectivity index (χ4n) is 3.37. The molecular formula is C20H23BrN2O. The van der Waals surface area contributed by atoms with Crippen molar-refractivity contribution in [3.8, 4) is 0 Å². The molecule has 0 saturated carbocycles. The number of amides is 1. The zero-order valence-corrected chi connectivity index (χ0v) is 15.6. The number of benzene rings is 2. The van der Waals surface area contributed by atoms with E-state index in [-0.39, 0.29) is 11.9 Å². The van der Waals surface area contributed by atoms with E-state index < -0.39 is 0 Å². The number of nitrogens with one attached hydrogen (secondary N) is 1. The molecule has 1 unspecified atom stereocenters. The fraction of sp³-hybridized carbons (Fsp3) is 0.350. The van der Waals surface area contributed by atoms with Gasteiger partial charge in [-0.3, -0.25) is 9.69 Å². The van der Waals surface area contributed by atoms with Crippen molar-refractivity contribution in [1.29, 1.82) is 0 Å². The highest BCUT2D eigenvalue weighted by atomic mass is 79.9. The number of hydrogen-bond donors (Lipinski definition) is 1. The summed E-state index contributed by atoms with van der Waals surface area (Å²) in [6, 6.07) is 16.2. The van der Waals surface area contributed by atoms with Crippen LogP contribution in [0.3, 0.4) is 0 Å². The molecule has 2 aromatic carbocycles. The first-order valence-corrected chi connectivity index (χ1v) is 9.28. The van der Waals surface area contributed by atoms with E-state index in [1.165, 1.54) is 24.0 Å². The van der Waals surface area contributed by atoms with Crippen LogP contribution in [0.5, 0.6) is 0 Å². The van der Waals surface area contributed by atoms with Gasteiger partial charge in [-0.25, -0.2) is 0 Å². The van der Waals surface area contributed by atoms with Crippen LogP contribution >= 0.6 is 15.9 Å². The second-order valence-corrected chi connectivity index (χ2v) is 7.25. The summed E-state index contributed by atoms with van der Waals surface area (Å²) in [5.41, 5.74) is 3.29. The van der Waals surface area contributed by atoms with Crippen LogP contribution in [-0.4, -0.2) is 30.4 Å². The van der Waals surface area contributed by atoms with E-state index in [1.807, 2.05) is 24.3 Å². The molecule has 1 aliphatic rings. The Morgan fingerprint density at radius 1 is 1.17 bits per heavy atom. The van der Waals surface area contributed by atoms with Crippen LogP contribution in [0, 0.1) is 6.92 Å². The van der Waals surface area contributed by atoms with Gasteiger partial charge in [0.2, 0.25) is 0 Å². The molecule has 1 aliphatic heterocycles. The predicted molar refractivity (Wildman–Crippen MR) is 101 cm³/mol. The maximum absolute atomic E-state index is 12.5. The van der Waals surface area contributed by atoms with Gasteiger partial charge in [0, 0.05) is 16.6 Å². The Labute approximate surface area is 152 Å². The van der Waals surface area contributed by atoms with E-state index >= 15 is 0 Å². The van der Waals surface area contributed by atoms with Gasteiger partial charge in [0.25, 0.3) is 5.91 Å². The van der Waals surface area contributed by atoms with Crippen LogP contribution in [0.1, 0.15) is 40.4 Å². The molecule has 126 valence electrons. The SMILES string of the molecule is Cc1ccccc1C(CNC(=O)c1cccc(Br)c1)N1CCCC1. The first-order valence-electron chi connectivity index (χ1n) is 8.48. The highest BCUT2D eigenvalue weighted by Gasteiger charge is 2.25. The van der Waals surface area contributed by atoms with Gasteiger partial charge in [-0.15, -0.1) is 0 Å². The second kappa shape index (κ2) is 7.95. The van der Waals surface area contributed by atoms with Gasteiger partial charge in [-0.2, -0.15) is 0 Å². The van der Waals surface area contributed by atoms with Gasteiger partial charge in [-0.05, 0) is 62.2 Å². The molecule has 1 amide bonds. The lowest BCUT2D eigenvalue weighted by atomic mass is 10.00. The Hall–Kier alpha value is -1.65. The van der Waals surface area contributed by atoms with Crippen molar-refractivity contribution in [2.45, 2.75) is 25.8 Å². The maximum Gasteiger partial charge on any atom is 0.251 e. The molecule has 0 bridgehead atoms. The molecule has 1 saturated heterocycles. The minimum absolute atomic E-state index is 0.0194. The molecule has 0 spiro atoms. The number of halogens is 1. The highest BCUT2D eigenvalue weighted by molar-refractivity contribution is 9.10. The molecule has 1 heterocycles. The lowest BCUT2D eigenvalue weighted by molar-refractivity contribution is 0.0937. The van der Waals surface area contributed by atoms with Gasteiger partial charge in [0.15, 0.2) is 0 Å². The van der Waals surface area contributed by atoms with Gasteiger partial charge in [-0.1, -0.05) is 46.3 Å². The molecule has 3 nitrogen and oxygen atoms in total. The molecule has 2 aromatic rings. The van der Waals surface area contributed by atoms with E-state index in [4.69, 9.17) is 0 Å². The van der Waals surface area contributed by atoms with Crippen LogP contribution in [0.15, 0.2) is 53.0 Å². The Morgan fingerprint density at radius 3 is 2.62 bits per heavy atom. The summed E-state index contributed by atoms with van der Waals surface area (Å²) < 4.78 is 0.921. The molecule has 1 N–H and O–H groups in total. The van der Waals surface area contributed by atoms with Crippen LogP contribution in [0.2, 0.25) is 0 Å². The number of carbonyl (C=O) groups is 1. The van der Waals surface area contributed by atoms with Crippen molar-refractivity contribution in [1.82, 2.24) is 10.2 Å². The van der Waals surface area contributed by atoms with Crippen molar-refractivity contribution in [3.05, 3.63) is 69.7 Å². The smallest absolute Gasteiger partial charge is 0.251 e. The maximum atomic E-state index is 12.5. The lowest BCUT2D eigenvalue weighted by Gasteiger charge is -2.29. The van der Waals surface area contributed by atoms with E-state index in [1.54, 1.807) is 0 Å². The highest BCUT2D eigenvalue weighted by Crippen LogP contribution is 2.27. The van der Waals surface area contributed by atoms with Gasteiger partial charge in [0.1, 0.15) is 0 Å². The van der Waals surface area contributed by atoms with E-state index in [0.29, 0.717) is 12.1 Å². The summed E-state index contributed by atoms with van der Waals surface area (Å²) in [6.45, 7) is 4.99. The third kappa shape index (κ3) is 4.05. The lowest BCUT2D eigenvalue weighted by Crippen LogP contribution is -2.37. The molecule has 3 rings (SSSR count). The Kier molecular flexibility index (Phi) is 5.69. The minimum Gasteiger partial charge on any atom is -0.350 e. The summed E-state index contributed by atoms with van der Waals surface area (Å²) in [7, 11) is 0. The van der Waals surface area contributed by atoms with Crippen LogP contribution < -0.4 is 5.32 Å². The molecule has 4 heteroatoms. The normalized spacial score (nSPS) is 16.1. The average Bonchev–Trinajstić information content (AvgIpc) is 3.11. The Balaban J connectivity index is 1.75. The quantitative estimate of drug-likeness (QED) is 0.829. The van der Waals surface area contributed by atoms with E-state index in [9.17, 15) is 4.79 Å². The van der Waals surface area contributed by atoms with Crippen molar-refractivity contribution in [2.24, 2.45) is 0 Å². The van der Waals surface area contributed by atoms with E-state index in [0.717, 1.165) is 17.6 Å². The predicted octanol–water partition coefficient (Wildman–Crippen LogP) is 4.32. The molecule has 0 aromatic heterocycles. The molecule has 24 heavy (non-hydrogen) atoms. The molecule has 0 radical (unpaired) electrons. The summed E-state index contributed by atoms with van der Waals surface area (Å²) >= 11 is 3.42. The average molecular weight is 387 g/mol. The van der Waals surface area contributed by atoms with Crippen molar-refractivity contribution in [2.75, 3.05) is 19.6 Å². The number of nitrogens with zero attached hydrogens (tertiary/aromatic N) is 1. The van der Waals surface area contributed by atoms with Crippen LogP contribution in [0.25, 0.3) is 0 Å². The first kappa shape index (κ1) is 17.2.